The van der Waals surface area contributed by atoms with Crippen LogP contribution in [0.3, 0.4) is 0 Å². The quantitative estimate of drug-likeness (QED) is 0.769. The van der Waals surface area contributed by atoms with E-state index in [1.165, 1.54) is 19.3 Å². The summed E-state index contributed by atoms with van der Waals surface area (Å²) in [5.41, 5.74) is 7.03. The minimum atomic E-state index is 0.0756. The first kappa shape index (κ1) is 10.4. The van der Waals surface area contributed by atoms with Gasteiger partial charge in [0.15, 0.2) is 0 Å². The van der Waals surface area contributed by atoms with Crippen LogP contribution in [-0.2, 0) is 6.54 Å². The summed E-state index contributed by atoms with van der Waals surface area (Å²) in [6.45, 7) is 3.06. The fraction of sp³-hybridized carbons (Fsp3) is 0.583. The highest BCUT2D eigenvalue weighted by molar-refractivity contribution is 5.03. The molecule has 0 aliphatic heterocycles. The average molecular weight is 205 g/mol. The monoisotopic (exact) mass is 205 g/mol. The Labute approximate surface area is 91.0 Å². The van der Waals surface area contributed by atoms with Crippen LogP contribution in [-0.4, -0.2) is 9.55 Å². The van der Waals surface area contributed by atoms with Crippen LogP contribution in [0.15, 0.2) is 24.7 Å². The van der Waals surface area contributed by atoms with Gasteiger partial charge in [-0.3, -0.25) is 0 Å². The standard InChI is InChI=1S/C12H19N3/c1-10(13)12-7-14-9-15(12)8-11-5-3-2-4-6-11/h2-3,7,9-11H,4-6,8,13H2,1H3. The van der Waals surface area contributed by atoms with Crippen molar-refractivity contribution in [3.05, 3.63) is 30.4 Å². The van der Waals surface area contributed by atoms with E-state index in [9.17, 15) is 0 Å². The predicted octanol–water partition coefficient (Wildman–Crippen LogP) is 2.26. The van der Waals surface area contributed by atoms with Crippen LogP contribution in [0.4, 0.5) is 0 Å². The minimum Gasteiger partial charge on any atom is -0.333 e. The number of imidazole rings is 1. The maximum atomic E-state index is 5.89. The zero-order chi connectivity index (χ0) is 10.7. The molecule has 2 unspecified atom stereocenters. The molecule has 0 spiro atoms. The van der Waals surface area contributed by atoms with E-state index in [1.54, 1.807) is 0 Å². The summed E-state index contributed by atoms with van der Waals surface area (Å²) >= 11 is 0. The molecule has 0 radical (unpaired) electrons. The summed E-state index contributed by atoms with van der Waals surface area (Å²) in [7, 11) is 0. The van der Waals surface area contributed by atoms with Crippen molar-refractivity contribution in [2.45, 2.75) is 38.8 Å². The van der Waals surface area contributed by atoms with Gasteiger partial charge in [0.25, 0.3) is 0 Å². The van der Waals surface area contributed by atoms with Gasteiger partial charge in [0.2, 0.25) is 0 Å². The van der Waals surface area contributed by atoms with Crippen LogP contribution in [0, 0.1) is 5.92 Å². The molecule has 2 N–H and O–H groups in total. The van der Waals surface area contributed by atoms with Gasteiger partial charge in [0.1, 0.15) is 0 Å². The second-order valence-electron chi connectivity index (χ2n) is 4.41. The van der Waals surface area contributed by atoms with Gasteiger partial charge in [-0.1, -0.05) is 12.2 Å². The molecule has 0 saturated heterocycles. The lowest BCUT2D eigenvalue weighted by Gasteiger charge is -2.20. The van der Waals surface area contributed by atoms with Crippen LogP contribution in [0.1, 0.15) is 37.9 Å². The van der Waals surface area contributed by atoms with Gasteiger partial charge < -0.3 is 10.3 Å². The summed E-state index contributed by atoms with van der Waals surface area (Å²) in [6, 6.07) is 0.0756. The minimum absolute atomic E-state index is 0.0756. The average Bonchev–Trinajstić information content (AvgIpc) is 2.67. The lowest BCUT2D eigenvalue weighted by atomic mass is 9.94. The Morgan fingerprint density at radius 1 is 1.60 bits per heavy atom. The number of hydrogen-bond acceptors (Lipinski definition) is 2. The Kier molecular flexibility index (Phi) is 3.21. The van der Waals surface area contributed by atoms with Crippen molar-refractivity contribution >= 4 is 0 Å². The van der Waals surface area contributed by atoms with E-state index >= 15 is 0 Å². The molecule has 2 atom stereocenters. The van der Waals surface area contributed by atoms with Gasteiger partial charge in [-0.25, -0.2) is 4.98 Å². The lowest BCUT2D eigenvalue weighted by Crippen LogP contribution is -2.17. The number of nitrogens with two attached hydrogens (primary N) is 1. The third-order valence-corrected chi connectivity index (χ3v) is 3.04. The van der Waals surface area contributed by atoms with E-state index in [1.807, 2.05) is 19.4 Å². The first-order valence-corrected chi connectivity index (χ1v) is 5.68. The second kappa shape index (κ2) is 4.62. The third-order valence-electron chi connectivity index (χ3n) is 3.04. The fourth-order valence-corrected chi connectivity index (χ4v) is 2.16. The summed E-state index contributed by atoms with van der Waals surface area (Å²) in [5.74, 6) is 0.752. The van der Waals surface area contributed by atoms with Gasteiger partial charge in [0.05, 0.1) is 12.0 Å². The molecular formula is C12H19N3. The third kappa shape index (κ3) is 2.48. The molecule has 1 aliphatic rings. The Bertz CT molecular complexity index is 338. The smallest absolute Gasteiger partial charge is 0.0948 e. The first-order valence-electron chi connectivity index (χ1n) is 5.68. The van der Waals surface area contributed by atoms with E-state index in [2.05, 4.69) is 21.7 Å². The molecule has 15 heavy (non-hydrogen) atoms. The molecule has 1 heterocycles. The molecule has 1 aromatic rings. The van der Waals surface area contributed by atoms with E-state index in [0.29, 0.717) is 0 Å². The molecule has 0 fully saturated rings. The molecule has 3 heteroatoms. The number of aromatic nitrogens is 2. The van der Waals surface area contributed by atoms with Crippen LogP contribution in [0.25, 0.3) is 0 Å². The van der Waals surface area contributed by atoms with E-state index in [4.69, 9.17) is 5.73 Å². The van der Waals surface area contributed by atoms with Crippen molar-refractivity contribution in [3.63, 3.8) is 0 Å². The van der Waals surface area contributed by atoms with Crippen molar-refractivity contribution in [2.75, 3.05) is 0 Å². The van der Waals surface area contributed by atoms with Crippen molar-refractivity contribution in [1.82, 2.24) is 9.55 Å². The van der Waals surface area contributed by atoms with Gasteiger partial charge in [-0.05, 0) is 32.1 Å². The zero-order valence-electron chi connectivity index (χ0n) is 9.26. The summed E-state index contributed by atoms with van der Waals surface area (Å²) in [6.07, 6.45) is 12.0. The number of hydrogen-bond donors (Lipinski definition) is 1. The molecule has 2 rings (SSSR count). The van der Waals surface area contributed by atoms with E-state index in [0.717, 1.165) is 18.2 Å². The van der Waals surface area contributed by atoms with Gasteiger partial charge in [-0.2, -0.15) is 0 Å². The summed E-state index contributed by atoms with van der Waals surface area (Å²) in [4.78, 5) is 4.17. The molecular weight excluding hydrogens is 186 g/mol. The Morgan fingerprint density at radius 3 is 3.13 bits per heavy atom. The zero-order valence-corrected chi connectivity index (χ0v) is 9.26. The van der Waals surface area contributed by atoms with Gasteiger partial charge in [0, 0.05) is 18.8 Å². The highest BCUT2D eigenvalue weighted by atomic mass is 15.1. The van der Waals surface area contributed by atoms with Crippen molar-refractivity contribution in [3.8, 4) is 0 Å². The number of allylic oxidation sites excluding steroid dienone is 2. The topological polar surface area (TPSA) is 43.8 Å². The molecule has 1 aromatic heterocycles. The Hall–Kier alpha value is -1.09. The van der Waals surface area contributed by atoms with Crippen LogP contribution >= 0.6 is 0 Å². The van der Waals surface area contributed by atoms with Gasteiger partial charge >= 0.3 is 0 Å². The Balaban J connectivity index is 2.03. The molecule has 82 valence electrons. The van der Waals surface area contributed by atoms with E-state index in [-0.39, 0.29) is 6.04 Å². The van der Waals surface area contributed by atoms with Crippen LogP contribution in [0.5, 0.6) is 0 Å². The highest BCUT2D eigenvalue weighted by Gasteiger charge is 2.13. The summed E-state index contributed by atoms with van der Waals surface area (Å²) < 4.78 is 2.20. The fourth-order valence-electron chi connectivity index (χ4n) is 2.16. The normalized spacial score (nSPS) is 22.9. The van der Waals surface area contributed by atoms with Crippen molar-refractivity contribution in [2.24, 2.45) is 11.7 Å². The maximum Gasteiger partial charge on any atom is 0.0948 e. The van der Waals surface area contributed by atoms with Crippen molar-refractivity contribution < 1.29 is 0 Å². The van der Waals surface area contributed by atoms with Gasteiger partial charge in [-0.15, -0.1) is 0 Å². The lowest BCUT2D eigenvalue weighted by molar-refractivity contribution is 0.401. The van der Waals surface area contributed by atoms with Crippen molar-refractivity contribution in [1.29, 1.82) is 0 Å². The number of nitrogens with zero attached hydrogens (tertiary/aromatic N) is 2. The second-order valence-corrected chi connectivity index (χ2v) is 4.41. The first-order chi connectivity index (χ1) is 7.27. The molecule has 1 aliphatic carbocycles. The van der Waals surface area contributed by atoms with Crippen LogP contribution < -0.4 is 5.73 Å². The molecule has 0 saturated carbocycles. The largest absolute Gasteiger partial charge is 0.333 e. The molecule has 0 amide bonds. The molecule has 0 aromatic carbocycles. The molecule has 0 bridgehead atoms. The SMILES string of the molecule is CC(N)c1cncn1CC1CC=CCC1. The van der Waals surface area contributed by atoms with E-state index < -0.39 is 0 Å². The summed E-state index contributed by atoms with van der Waals surface area (Å²) in [5, 5.41) is 0. The highest BCUT2D eigenvalue weighted by Crippen LogP contribution is 2.21. The predicted molar refractivity (Wildman–Crippen MR) is 61.3 cm³/mol. The maximum absolute atomic E-state index is 5.89. The Morgan fingerprint density at radius 2 is 2.47 bits per heavy atom. The van der Waals surface area contributed by atoms with Crippen LogP contribution in [0.2, 0.25) is 0 Å². The molecule has 3 nitrogen and oxygen atoms in total. The number of rotatable bonds is 3.